The monoisotopic (exact) mass is 311 g/mol. The molecular formula is C14H21N3OS2. The van der Waals surface area contributed by atoms with Crippen LogP contribution >= 0.6 is 23.1 Å². The van der Waals surface area contributed by atoms with Crippen LogP contribution in [0, 0.1) is 13.8 Å². The molecule has 0 unspecified atom stereocenters. The Kier molecular flexibility index (Phi) is 4.56. The largest absolute Gasteiger partial charge is 0.309 e. The summed E-state index contributed by atoms with van der Waals surface area (Å²) in [4.78, 5) is 21.6. The molecule has 20 heavy (non-hydrogen) atoms. The van der Waals surface area contributed by atoms with E-state index in [2.05, 4.69) is 35.4 Å². The fourth-order valence-electron chi connectivity index (χ4n) is 1.94. The Labute approximate surface area is 127 Å². The fourth-order valence-corrected chi connectivity index (χ4v) is 3.23. The predicted molar refractivity (Wildman–Crippen MR) is 89.0 cm³/mol. The maximum Gasteiger partial charge on any atom is 0.259 e. The first-order chi connectivity index (χ1) is 9.34. The van der Waals surface area contributed by atoms with Crippen LogP contribution in [0.5, 0.6) is 0 Å². The molecule has 0 bridgehead atoms. The van der Waals surface area contributed by atoms with Crippen molar-refractivity contribution in [2.45, 2.75) is 39.0 Å². The molecule has 0 radical (unpaired) electrons. The number of thiophene rings is 1. The van der Waals surface area contributed by atoms with Gasteiger partial charge in [-0.2, -0.15) is 11.8 Å². The van der Waals surface area contributed by atoms with E-state index in [9.17, 15) is 4.79 Å². The van der Waals surface area contributed by atoms with Gasteiger partial charge in [-0.15, -0.1) is 11.3 Å². The van der Waals surface area contributed by atoms with Crippen LogP contribution in [0.2, 0.25) is 0 Å². The molecule has 2 rings (SSSR count). The molecule has 0 aliphatic carbocycles. The van der Waals surface area contributed by atoms with Crippen LogP contribution in [-0.2, 0) is 6.54 Å². The molecular weight excluding hydrogens is 290 g/mol. The lowest BCUT2D eigenvalue weighted by Crippen LogP contribution is -2.32. The van der Waals surface area contributed by atoms with E-state index in [1.807, 2.05) is 25.6 Å². The Hall–Kier alpha value is -0.850. The summed E-state index contributed by atoms with van der Waals surface area (Å²) in [5.41, 5.74) is 1.01. The summed E-state index contributed by atoms with van der Waals surface area (Å²) < 4.78 is 0.181. The molecule has 0 saturated heterocycles. The summed E-state index contributed by atoms with van der Waals surface area (Å²) in [6.45, 7) is 9.85. The Morgan fingerprint density at radius 3 is 2.75 bits per heavy atom. The number of nitrogens with zero attached hydrogens (tertiary/aromatic N) is 1. The number of fused-ring (bicyclic) bond motifs is 1. The molecule has 0 atom stereocenters. The fraction of sp³-hybridized carbons (Fsp3) is 0.571. The van der Waals surface area contributed by atoms with Gasteiger partial charge in [0.1, 0.15) is 10.7 Å². The van der Waals surface area contributed by atoms with Gasteiger partial charge in [0.2, 0.25) is 0 Å². The summed E-state index contributed by atoms with van der Waals surface area (Å²) in [7, 11) is 0. The van der Waals surface area contributed by atoms with Crippen LogP contribution < -0.4 is 10.9 Å². The van der Waals surface area contributed by atoms with E-state index in [-0.39, 0.29) is 10.3 Å². The van der Waals surface area contributed by atoms with Gasteiger partial charge in [-0.05, 0) is 39.5 Å². The summed E-state index contributed by atoms with van der Waals surface area (Å²) in [6, 6.07) is 0. The molecule has 0 aromatic carbocycles. The van der Waals surface area contributed by atoms with Crippen LogP contribution in [0.25, 0.3) is 10.2 Å². The molecule has 4 nitrogen and oxygen atoms in total. The smallest absolute Gasteiger partial charge is 0.259 e. The molecule has 2 aromatic heterocycles. The number of thioether (sulfide) groups is 1. The lowest BCUT2D eigenvalue weighted by atomic mass is 10.2. The van der Waals surface area contributed by atoms with Gasteiger partial charge in [-0.25, -0.2) is 4.98 Å². The van der Waals surface area contributed by atoms with E-state index in [0.717, 1.165) is 27.2 Å². The van der Waals surface area contributed by atoms with Gasteiger partial charge in [0.05, 0.1) is 11.9 Å². The standard InChI is InChI=1S/C14H21N3OS2/c1-8-9(2)20-13-11(8)12(18)16-10(17-13)6-15-7-14(3,4)19-5/h15H,6-7H2,1-5H3,(H,16,17,18). The third-order valence-electron chi connectivity index (χ3n) is 3.48. The topological polar surface area (TPSA) is 57.8 Å². The molecule has 0 aliphatic heterocycles. The first-order valence-corrected chi connectivity index (χ1v) is 8.63. The molecule has 0 fully saturated rings. The second kappa shape index (κ2) is 5.87. The van der Waals surface area contributed by atoms with E-state index in [1.54, 1.807) is 11.3 Å². The Bertz CT molecular complexity index is 673. The number of nitrogens with one attached hydrogen (secondary N) is 2. The highest BCUT2D eigenvalue weighted by Crippen LogP contribution is 2.25. The number of H-pyrrole nitrogens is 1. The number of hydrogen-bond acceptors (Lipinski definition) is 5. The van der Waals surface area contributed by atoms with Crippen molar-refractivity contribution < 1.29 is 0 Å². The third-order valence-corrected chi connectivity index (χ3v) is 5.83. The summed E-state index contributed by atoms with van der Waals surface area (Å²) >= 11 is 3.41. The molecule has 2 N–H and O–H groups in total. The Balaban J connectivity index is 2.18. The highest BCUT2D eigenvalue weighted by atomic mass is 32.2. The van der Waals surface area contributed by atoms with Crippen molar-refractivity contribution in [2.75, 3.05) is 12.8 Å². The molecule has 110 valence electrons. The number of aromatic nitrogens is 2. The lowest BCUT2D eigenvalue weighted by molar-refractivity contribution is 0.579. The molecule has 0 saturated carbocycles. The van der Waals surface area contributed by atoms with Crippen LogP contribution in [-0.4, -0.2) is 27.5 Å². The van der Waals surface area contributed by atoms with E-state index in [1.165, 1.54) is 0 Å². The van der Waals surface area contributed by atoms with Gasteiger partial charge in [-0.1, -0.05) is 0 Å². The van der Waals surface area contributed by atoms with Crippen LogP contribution in [0.4, 0.5) is 0 Å². The second-order valence-electron chi connectivity index (χ2n) is 5.54. The maximum absolute atomic E-state index is 12.1. The molecule has 6 heteroatoms. The SMILES string of the molecule is CSC(C)(C)CNCc1nc2sc(C)c(C)c2c(=O)[nH]1. The highest BCUT2D eigenvalue weighted by Gasteiger charge is 2.16. The minimum absolute atomic E-state index is 0.0298. The lowest BCUT2D eigenvalue weighted by Gasteiger charge is -2.22. The minimum atomic E-state index is -0.0298. The molecule has 2 heterocycles. The van der Waals surface area contributed by atoms with Gasteiger partial charge < -0.3 is 10.3 Å². The molecule has 0 spiro atoms. The Morgan fingerprint density at radius 2 is 2.10 bits per heavy atom. The first-order valence-electron chi connectivity index (χ1n) is 6.59. The summed E-state index contributed by atoms with van der Waals surface area (Å²) in [6.07, 6.45) is 2.10. The second-order valence-corrected chi connectivity index (χ2v) is 8.26. The maximum atomic E-state index is 12.1. The number of hydrogen-bond donors (Lipinski definition) is 2. The number of aryl methyl sites for hydroxylation is 2. The van der Waals surface area contributed by atoms with Crippen molar-refractivity contribution in [1.82, 2.24) is 15.3 Å². The van der Waals surface area contributed by atoms with Gasteiger partial charge >= 0.3 is 0 Å². The van der Waals surface area contributed by atoms with Crippen molar-refractivity contribution in [3.8, 4) is 0 Å². The quantitative estimate of drug-likeness (QED) is 0.891. The van der Waals surface area contributed by atoms with Crippen LogP contribution in [0.3, 0.4) is 0 Å². The normalized spacial score (nSPS) is 12.2. The van der Waals surface area contributed by atoms with Gasteiger partial charge in [0.25, 0.3) is 5.56 Å². The molecule has 2 aromatic rings. The van der Waals surface area contributed by atoms with E-state index >= 15 is 0 Å². The predicted octanol–water partition coefficient (Wildman–Crippen LogP) is 2.83. The van der Waals surface area contributed by atoms with Crippen LogP contribution in [0.15, 0.2) is 4.79 Å². The van der Waals surface area contributed by atoms with E-state index < -0.39 is 0 Å². The van der Waals surface area contributed by atoms with Gasteiger partial charge in [0.15, 0.2) is 0 Å². The average Bonchev–Trinajstić information content (AvgIpc) is 2.65. The highest BCUT2D eigenvalue weighted by molar-refractivity contribution is 7.99. The van der Waals surface area contributed by atoms with Crippen molar-refractivity contribution in [2.24, 2.45) is 0 Å². The third kappa shape index (κ3) is 3.24. The summed E-state index contributed by atoms with van der Waals surface area (Å²) in [5, 5.41) is 4.09. The van der Waals surface area contributed by atoms with Crippen molar-refractivity contribution in [3.05, 3.63) is 26.6 Å². The van der Waals surface area contributed by atoms with Gasteiger partial charge in [-0.3, -0.25) is 4.79 Å². The Morgan fingerprint density at radius 1 is 1.40 bits per heavy atom. The number of aromatic amines is 1. The van der Waals surface area contributed by atoms with Gasteiger partial charge in [0, 0.05) is 16.2 Å². The van der Waals surface area contributed by atoms with Crippen molar-refractivity contribution >= 4 is 33.3 Å². The summed E-state index contributed by atoms with van der Waals surface area (Å²) in [5.74, 6) is 0.709. The zero-order valence-corrected chi connectivity index (χ0v) is 14.2. The number of rotatable bonds is 5. The molecule has 0 aliphatic rings. The molecule has 0 amide bonds. The average molecular weight is 311 g/mol. The first kappa shape index (κ1) is 15.5. The minimum Gasteiger partial charge on any atom is -0.309 e. The van der Waals surface area contributed by atoms with Crippen LogP contribution in [0.1, 0.15) is 30.1 Å². The van der Waals surface area contributed by atoms with E-state index in [4.69, 9.17) is 0 Å². The van der Waals surface area contributed by atoms with Crippen molar-refractivity contribution in [3.63, 3.8) is 0 Å². The zero-order chi connectivity index (χ0) is 14.9. The van der Waals surface area contributed by atoms with E-state index in [0.29, 0.717) is 12.4 Å². The zero-order valence-electron chi connectivity index (χ0n) is 12.6. The van der Waals surface area contributed by atoms with Crippen molar-refractivity contribution in [1.29, 1.82) is 0 Å².